The van der Waals surface area contributed by atoms with Crippen molar-refractivity contribution >= 4 is 11.6 Å². The van der Waals surface area contributed by atoms with Crippen molar-refractivity contribution in [3.8, 4) is 5.75 Å². The Balaban J connectivity index is 2.68. The van der Waals surface area contributed by atoms with Crippen LogP contribution >= 0.6 is 0 Å². The van der Waals surface area contributed by atoms with Crippen LogP contribution in [0.15, 0.2) is 12.1 Å². The van der Waals surface area contributed by atoms with Crippen molar-refractivity contribution in [1.29, 1.82) is 0 Å². The molecule has 1 aromatic rings. The number of aryl methyl sites for hydroxylation is 1. The topological polar surface area (TPSA) is 61.4 Å². The molecule has 18 heavy (non-hydrogen) atoms. The molecular weight excluding hydrogens is 228 g/mol. The van der Waals surface area contributed by atoms with E-state index in [2.05, 4.69) is 10.6 Å². The Kier molecular flexibility index (Phi) is 5.16. The van der Waals surface area contributed by atoms with E-state index in [1.807, 2.05) is 26.8 Å². The molecule has 4 nitrogen and oxygen atoms in total. The lowest BCUT2D eigenvalue weighted by Gasteiger charge is -2.14. The van der Waals surface area contributed by atoms with Gasteiger partial charge in [0.15, 0.2) is 0 Å². The first-order valence-electron chi connectivity index (χ1n) is 6.28. The van der Waals surface area contributed by atoms with Crippen molar-refractivity contribution in [2.45, 2.75) is 40.2 Å². The number of phenolic OH excluding ortho intramolecular Hbond substituents is 1. The third-order valence-corrected chi connectivity index (χ3v) is 2.95. The molecule has 0 radical (unpaired) electrons. The number of anilines is 1. The van der Waals surface area contributed by atoms with Crippen molar-refractivity contribution in [2.24, 2.45) is 0 Å². The molecule has 1 amide bonds. The van der Waals surface area contributed by atoms with Gasteiger partial charge in [-0.15, -0.1) is 0 Å². The van der Waals surface area contributed by atoms with Gasteiger partial charge in [-0.2, -0.15) is 0 Å². The van der Waals surface area contributed by atoms with Crippen molar-refractivity contribution in [3.05, 3.63) is 23.3 Å². The zero-order valence-corrected chi connectivity index (χ0v) is 11.5. The van der Waals surface area contributed by atoms with Crippen LogP contribution in [-0.2, 0) is 4.79 Å². The Morgan fingerprint density at radius 2 is 2.06 bits per heavy atom. The maximum Gasteiger partial charge on any atom is 0.225 e. The average Bonchev–Trinajstić information content (AvgIpc) is 2.30. The van der Waals surface area contributed by atoms with Gasteiger partial charge in [-0.25, -0.2) is 0 Å². The lowest BCUT2D eigenvalue weighted by atomic mass is 10.1. The van der Waals surface area contributed by atoms with Crippen molar-refractivity contribution < 1.29 is 9.90 Å². The smallest absolute Gasteiger partial charge is 0.225 e. The molecule has 1 aromatic carbocycles. The minimum atomic E-state index is -0.0465. The molecule has 100 valence electrons. The zero-order valence-electron chi connectivity index (χ0n) is 11.5. The molecule has 0 aliphatic heterocycles. The van der Waals surface area contributed by atoms with Crippen LogP contribution in [0, 0.1) is 13.8 Å². The highest BCUT2D eigenvalue weighted by Gasteiger charge is 2.11. The average molecular weight is 250 g/mol. The third kappa shape index (κ3) is 3.74. The lowest BCUT2D eigenvalue weighted by Crippen LogP contribution is -2.30. The first kappa shape index (κ1) is 14.5. The Morgan fingerprint density at radius 3 is 2.67 bits per heavy atom. The lowest BCUT2D eigenvalue weighted by molar-refractivity contribution is -0.116. The summed E-state index contributed by atoms with van der Waals surface area (Å²) in [5.41, 5.74) is 2.19. The third-order valence-electron chi connectivity index (χ3n) is 2.95. The van der Waals surface area contributed by atoms with Crippen LogP contribution in [-0.4, -0.2) is 23.6 Å². The quantitative estimate of drug-likeness (QED) is 0.751. The fourth-order valence-electron chi connectivity index (χ4n) is 1.87. The molecule has 4 heteroatoms. The number of rotatable bonds is 5. The highest BCUT2D eigenvalue weighted by atomic mass is 16.3. The van der Waals surface area contributed by atoms with Crippen LogP contribution in [0.1, 0.15) is 31.4 Å². The molecule has 0 saturated carbocycles. The fourth-order valence-corrected chi connectivity index (χ4v) is 1.87. The molecule has 1 atom stereocenters. The maximum absolute atomic E-state index is 11.8. The largest absolute Gasteiger partial charge is 0.507 e. The first-order chi connectivity index (χ1) is 8.45. The Hall–Kier alpha value is -1.55. The SMILES string of the molecule is CCNC(C)CC(=O)Nc1ccc(C)c(O)c1C. The van der Waals surface area contributed by atoms with Gasteiger partial charge in [-0.1, -0.05) is 13.0 Å². The van der Waals surface area contributed by atoms with Gasteiger partial charge in [0.05, 0.1) is 0 Å². The first-order valence-corrected chi connectivity index (χ1v) is 6.28. The molecule has 0 aliphatic carbocycles. The Bertz CT molecular complexity index is 430. The van der Waals surface area contributed by atoms with E-state index in [1.165, 1.54) is 0 Å². The van der Waals surface area contributed by atoms with E-state index in [9.17, 15) is 9.90 Å². The van der Waals surface area contributed by atoms with Crippen LogP contribution in [0.2, 0.25) is 0 Å². The predicted octanol–water partition coefficient (Wildman–Crippen LogP) is 2.34. The molecule has 0 fully saturated rings. The van der Waals surface area contributed by atoms with E-state index in [1.54, 1.807) is 13.0 Å². The van der Waals surface area contributed by atoms with E-state index >= 15 is 0 Å². The van der Waals surface area contributed by atoms with Crippen LogP contribution < -0.4 is 10.6 Å². The number of hydrogen-bond acceptors (Lipinski definition) is 3. The van der Waals surface area contributed by atoms with Crippen LogP contribution in [0.25, 0.3) is 0 Å². The summed E-state index contributed by atoms with van der Waals surface area (Å²) in [4.78, 5) is 11.8. The van der Waals surface area contributed by atoms with Gasteiger partial charge in [0, 0.05) is 23.7 Å². The van der Waals surface area contributed by atoms with Crippen LogP contribution in [0.3, 0.4) is 0 Å². The minimum Gasteiger partial charge on any atom is -0.507 e. The van der Waals surface area contributed by atoms with Crippen LogP contribution in [0.4, 0.5) is 5.69 Å². The molecule has 0 spiro atoms. The van der Waals surface area contributed by atoms with E-state index in [-0.39, 0.29) is 17.7 Å². The number of aromatic hydroxyl groups is 1. The molecular formula is C14H22N2O2. The number of hydrogen-bond donors (Lipinski definition) is 3. The van der Waals surface area contributed by atoms with Crippen molar-refractivity contribution in [1.82, 2.24) is 5.32 Å². The van der Waals surface area contributed by atoms with Gasteiger partial charge in [0.2, 0.25) is 5.91 Å². The molecule has 3 N–H and O–H groups in total. The Morgan fingerprint density at radius 1 is 1.39 bits per heavy atom. The monoisotopic (exact) mass is 250 g/mol. The van der Waals surface area contributed by atoms with E-state index in [0.29, 0.717) is 17.7 Å². The number of amides is 1. The van der Waals surface area contributed by atoms with Crippen molar-refractivity contribution in [3.63, 3.8) is 0 Å². The summed E-state index contributed by atoms with van der Waals surface area (Å²) in [5.74, 6) is 0.197. The molecule has 1 rings (SSSR count). The Labute approximate surface area is 108 Å². The number of phenols is 1. The molecule has 1 unspecified atom stereocenters. The standard InChI is InChI=1S/C14H22N2O2/c1-5-15-10(3)8-13(17)16-12-7-6-9(2)14(18)11(12)4/h6-7,10,15,18H,5,8H2,1-4H3,(H,16,17). The maximum atomic E-state index is 11.8. The molecule has 0 saturated heterocycles. The zero-order chi connectivity index (χ0) is 13.7. The molecule has 0 heterocycles. The van der Waals surface area contributed by atoms with Crippen molar-refractivity contribution in [2.75, 3.05) is 11.9 Å². The highest BCUT2D eigenvalue weighted by molar-refractivity contribution is 5.92. The van der Waals surface area contributed by atoms with Gasteiger partial charge in [0.25, 0.3) is 0 Å². The van der Waals surface area contributed by atoms with Gasteiger partial charge in [-0.05, 0) is 38.9 Å². The summed E-state index contributed by atoms with van der Waals surface area (Å²) in [5, 5.41) is 15.8. The normalized spacial score (nSPS) is 12.2. The number of nitrogens with one attached hydrogen (secondary N) is 2. The molecule has 0 aliphatic rings. The summed E-state index contributed by atoms with van der Waals surface area (Å²) in [6, 6.07) is 3.76. The summed E-state index contributed by atoms with van der Waals surface area (Å²) in [6.07, 6.45) is 0.419. The van der Waals surface area contributed by atoms with Gasteiger partial charge >= 0.3 is 0 Å². The highest BCUT2D eigenvalue weighted by Crippen LogP contribution is 2.28. The van der Waals surface area contributed by atoms with Crippen LogP contribution in [0.5, 0.6) is 5.75 Å². The molecule has 0 aromatic heterocycles. The van der Waals surface area contributed by atoms with Gasteiger partial charge in [0.1, 0.15) is 5.75 Å². The van der Waals surface area contributed by atoms with E-state index in [0.717, 1.165) is 12.1 Å². The number of carbonyl (C=O) groups excluding carboxylic acids is 1. The summed E-state index contributed by atoms with van der Waals surface area (Å²) in [7, 11) is 0. The summed E-state index contributed by atoms with van der Waals surface area (Å²) in [6.45, 7) is 8.46. The fraction of sp³-hybridized carbons (Fsp3) is 0.500. The second-order valence-electron chi connectivity index (χ2n) is 4.61. The van der Waals surface area contributed by atoms with E-state index in [4.69, 9.17) is 0 Å². The molecule has 0 bridgehead atoms. The number of carbonyl (C=O) groups is 1. The predicted molar refractivity (Wildman–Crippen MR) is 74.0 cm³/mol. The second-order valence-corrected chi connectivity index (χ2v) is 4.61. The summed E-state index contributed by atoms with van der Waals surface area (Å²) >= 11 is 0. The summed E-state index contributed by atoms with van der Waals surface area (Å²) < 4.78 is 0. The van der Waals surface area contributed by atoms with E-state index < -0.39 is 0 Å². The minimum absolute atomic E-state index is 0.0465. The second kappa shape index (κ2) is 6.40. The van der Waals surface area contributed by atoms with Gasteiger partial charge in [-0.3, -0.25) is 4.79 Å². The van der Waals surface area contributed by atoms with Gasteiger partial charge < -0.3 is 15.7 Å². The number of benzene rings is 1.